The van der Waals surface area contributed by atoms with Crippen LogP contribution in [-0.4, -0.2) is 29.5 Å². The van der Waals surface area contributed by atoms with E-state index in [1.54, 1.807) is 0 Å². The molecule has 0 spiro atoms. The van der Waals surface area contributed by atoms with E-state index in [0.717, 1.165) is 6.54 Å². The molecule has 0 aromatic carbocycles. The van der Waals surface area contributed by atoms with Crippen molar-refractivity contribution in [2.45, 2.75) is 31.9 Å². The number of alkyl halides is 5. The summed E-state index contributed by atoms with van der Waals surface area (Å²) in [4.78, 5) is 0. The van der Waals surface area contributed by atoms with Gasteiger partial charge < -0.3 is 5.32 Å². The topological polar surface area (TPSA) is 37.8 Å². The maximum Gasteiger partial charge on any atom is 0.460 e. The molecule has 0 aliphatic rings. The Kier molecular flexibility index (Phi) is 4.97. The van der Waals surface area contributed by atoms with Crippen molar-refractivity contribution in [1.29, 1.82) is 0 Å². The van der Waals surface area contributed by atoms with Crippen molar-refractivity contribution in [3.63, 3.8) is 0 Å². The first kappa shape index (κ1) is 15.2. The monoisotopic (exact) mass is 289 g/mol. The number of aryl methyl sites for hydroxylation is 1. The molecule has 1 aromatic rings. The molecule has 0 unspecified atom stereocenters. The molecular weight excluding hydrogens is 277 g/mol. The molecule has 0 atom stereocenters. The van der Waals surface area contributed by atoms with Crippen molar-refractivity contribution >= 4 is 11.3 Å². The smallest absolute Gasteiger partial charge is 0.317 e. The van der Waals surface area contributed by atoms with Gasteiger partial charge in [-0.15, -0.1) is 10.2 Å². The standard InChI is InChI=1S/C9H12F5N3S/c1-2-15-5-3-4-6-16-17-7(18-6)8(10,11)9(12,13)14/h15H,2-5H2,1H3. The number of rotatable bonds is 6. The Morgan fingerprint density at radius 3 is 2.39 bits per heavy atom. The van der Waals surface area contributed by atoms with Gasteiger partial charge in [-0.1, -0.05) is 18.3 Å². The maximum atomic E-state index is 12.9. The predicted molar refractivity (Wildman–Crippen MR) is 56.7 cm³/mol. The van der Waals surface area contributed by atoms with Crippen LogP contribution >= 0.6 is 11.3 Å². The molecule has 104 valence electrons. The van der Waals surface area contributed by atoms with E-state index in [-0.39, 0.29) is 5.01 Å². The third kappa shape index (κ3) is 3.58. The normalized spacial score (nSPS) is 13.0. The van der Waals surface area contributed by atoms with Crippen LogP contribution in [0.15, 0.2) is 0 Å². The molecule has 0 radical (unpaired) electrons. The molecule has 9 heteroatoms. The molecule has 3 nitrogen and oxygen atoms in total. The SMILES string of the molecule is CCNCCCc1nnc(C(F)(F)C(F)(F)F)s1. The molecule has 1 rings (SSSR count). The van der Waals surface area contributed by atoms with Gasteiger partial charge in [0.25, 0.3) is 0 Å². The van der Waals surface area contributed by atoms with Crippen molar-refractivity contribution in [1.82, 2.24) is 15.5 Å². The van der Waals surface area contributed by atoms with Crippen molar-refractivity contribution in [3.8, 4) is 0 Å². The molecule has 1 heterocycles. The number of halogens is 5. The molecule has 0 aliphatic carbocycles. The second-order valence-electron chi connectivity index (χ2n) is 3.53. The second-order valence-corrected chi connectivity index (χ2v) is 4.59. The summed E-state index contributed by atoms with van der Waals surface area (Å²) in [6.45, 7) is 3.33. The van der Waals surface area contributed by atoms with Crippen LogP contribution in [0.1, 0.15) is 23.4 Å². The average molecular weight is 289 g/mol. The predicted octanol–water partition coefficient (Wildman–Crippen LogP) is 2.73. The highest BCUT2D eigenvalue weighted by molar-refractivity contribution is 7.11. The van der Waals surface area contributed by atoms with Crippen LogP contribution in [0.25, 0.3) is 0 Å². The highest BCUT2D eigenvalue weighted by Crippen LogP contribution is 2.44. The number of hydrogen-bond donors (Lipinski definition) is 1. The summed E-state index contributed by atoms with van der Waals surface area (Å²) in [5.41, 5.74) is 0. The Bertz CT molecular complexity index is 377. The van der Waals surface area contributed by atoms with E-state index < -0.39 is 17.1 Å². The van der Waals surface area contributed by atoms with Gasteiger partial charge in [0, 0.05) is 6.42 Å². The largest absolute Gasteiger partial charge is 0.460 e. The van der Waals surface area contributed by atoms with Gasteiger partial charge in [0.05, 0.1) is 0 Å². The van der Waals surface area contributed by atoms with E-state index in [0.29, 0.717) is 30.7 Å². The van der Waals surface area contributed by atoms with Crippen LogP contribution in [0, 0.1) is 0 Å². The van der Waals surface area contributed by atoms with Crippen LogP contribution in [-0.2, 0) is 12.3 Å². The van der Waals surface area contributed by atoms with E-state index in [1.165, 1.54) is 0 Å². The van der Waals surface area contributed by atoms with Crippen molar-refractivity contribution in [2.75, 3.05) is 13.1 Å². The Hall–Kier alpha value is -0.830. The van der Waals surface area contributed by atoms with Crippen LogP contribution in [0.5, 0.6) is 0 Å². The zero-order valence-corrected chi connectivity index (χ0v) is 10.3. The lowest BCUT2D eigenvalue weighted by atomic mass is 10.3. The molecular formula is C9H12F5N3S. The zero-order chi connectivity index (χ0) is 13.8. The van der Waals surface area contributed by atoms with Crippen molar-refractivity contribution < 1.29 is 22.0 Å². The lowest BCUT2D eigenvalue weighted by Crippen LogP contribution is -2.33. The number of nitrogens with one attached hydrogen (secondary N) is 1. The van der Waals surface area contributed by atoms with Gasteiger partial charge in [-0.05, 0) is 19.5 Å². The average Bonchev–Trinajstić information content (AvgIpc) is 2.72. The molecule has 0 bridgehead atoms. The first-order valence-electron chi connectivity index (χ1n) is 5.27. The summed E-state index contributed by atoms with van der Waals surface area (Å²) in [5.74, 6) is -4.93. The summed E-state index contributed by atoms with van der Waals surface area (Å²) < 4.78 is 62.0. The number of hydrogen-bond acceptors (Lipinski definition) is 4. The second kappa shape index (κ2) is 5.87. The minimum Gasteiger partial charge on any atom is -0.317 e. The zero-order valence-electron chi connectivity index (χ0n) is 9.52. The molecule has 0 saturated heterocycles. The van der Waals surface area contributed by atoms with Gasteiger partial charge in [-0.2, -0.15) is 22.0 Å². The maximum absolute atomic E-state index is 12.9. The lowest BCUT2D eigenvalue weighted by molar-refractivity contribution is -0.289. The first-order valence-corrected chi connectivity index (χ1v) is 6.08. The molecule has 0 saturated carbocycles. The van der Waals surface area contributed by atoms with Gasteiger partial charge in [-0.25, -0.2) is 0 Å². The highest BCUT2D eigenvalue weighted by atomic mass is 32.1. The molecule has 1 N–H and O–H groups in total. The Labute approximate surface area is 104 Å². The van der Waals surface area contributed by atoms with Gasteiger partial charge in [0.2, 0.25) is 0 Å². The van der Waals surface area contributed by atoms with E-state index in [9.17, 15) is 22.0 Å². The fourth-order valence-corrected chi connectivity index (χ4v) is 2.02. The quantitative estimate of drug-likeness (QED) is 0.646. The van der Waals surface area contributed by atoms with Crippen LogP contribution in [0.3, 0.4) is 0 Å². The molecule has 0 amide bonds. The van der Waals surface area contributed by atoms with Crippen molar-refractivity contribution in [2.24, 2.45) is 0 Å². The molecule has 0 fully saturated rings. The Balaban J connectivity index is 2.63. The number of aromatic nitrogens is 2. The fraction of sp³-hybridized carbons (Fsp3) is 0.778. The van der Waals surface area contributed by atoms with E-state index in [4.69, 9.17) is 0 Å². The van der Waals surface area contributed by atoms with Crippen LogP contribution in [0.4, 0.5) is 22.0 Å². The molecule has 1 aromatic heterocycles. The third-order valence-electron chi connectivity index (χ3n) is 2.09. The summed E-state index contributed by atoms with van der Waals surface area (Å²) >= 11 is 0.305. The third-order valence-corrected chi connectivity index (χ3v) is 3.14. The fourth-order valence-electron chi connectivity index (χ4n) is 1.14. The summed E-state index contributed by atoms with van der Waals surface area (Å²) in [5, 5.41) is 8.18. The van der Waals surface area contributed by atoms with Gasteiger partial charge in [-0.3, -0.25) is 0 Å². The minimum absolute atomic E-state index is 0.187. The number of nitrogens with zero attached hydrogens (tertiary/aromatic N) is 2. The summed E-state index contributed by atoms with van der Waals surface area (Å²) in [7, 11) is 0. The van der Waals surface area contributed by atoms with Crippen LogP contribution in [0.2, 0.25) is 0 Å². The Morgan fingerprint density at radius 1 is 1.17 bits per heavy atom. The summed E-state index contributed by atoms with van der Waals surface area (Å²) in [6, 6.07) is 0. The van der Waals surface area contributed by atoms with Gasteiger partial charge in [0.15, 0.2) is 5.01 Å². The lowest BCUT2D eigenvalue weighted by Gasteiger charge is -2.15. The molecule has 0 aliphatic heterocycles. The summed E-state index contributed by atoms with van der Waals surface area (Å²) in [6.07, 6.45) is -4.69. The van der Waals surface area contributed by atoms with Gasteiger partial charge in [0.1, 0.15) is 5.01 Å². The molecule has 18 heavy (non-hydrogen) atoms. The van der Waals surface area contributed by atoms with Crippen molar-refractivity contribution in [3.05, 3.63) is 10.0 Å². The Morgan fingerprint density at radius 2 is 1.83 bits per heavy atom. The minimum atomic E-state index is -5.63. The van der Waals surface area contributed by atoms with Crippen LogP contribution < -0.4 is 5.32 Å². The van der Waals surface area contributed by atoms with E-state index in [2.05, 4.69) is 15.5 Å². The highest BCUT2D eigenvalue weighted by Gasteiger charge is 2.61. The van der Waals surface area contributed by atoms with E-state index >= 15 is 0 Å². The van der Waals surface area contributed by atoms with Gasteiger partial charge >= 0.3 is 12.1 Å². The van der Waals surface area contributed by atoms with E-state index in [1.807, 2.05) is 6.92 Å². The first-order chi connectivity index (χ1) is 8.29.